The van der Waals surface area contributed by atoms with E-state index in [0.29, 0.717) is 6.04 Å². The van der Waals surface area contributed by atoms with Crippen molar-refractivity contribution in [3.8, 4) is 21.1 Å². The molecule has 1 aliphatic rings. The molecule has 10 heteroatoms. The highest BCUT2D eigenvalue weighted by atomic mass is 32.1. The molecular formula is C24H23F3N4O2S. The number of carboxylic acid groups (broad SMARTS) is 1. The lowest BCUT2D eigenvalue weighted by Gasteiger charge is -2.15. The summed E-state index contributed by atoms with van der Waals surface area (Å²) < 4.78 is 31.7. The number of hydrogen-bond acceptors (Lipinski definition) is 5. The lowest BCUT2D eigenvalue weighted by Crippen LogP contribution is -2.26. The number of thiophene rings is 1. The van der Waals surface area contributed by atoms with E-state index in [-0.39, 0.29) is 0 Å². The van der Waals surface area contributed by atoms with Crippen LogP contribution in [0, 0.1) is 0 Å². The number of aromatic nitrogens is 2. The second-order valence-electron chi connectivity index (χ2n) is 8.05. The number of aromatic amines is 1. The molecule has 0 radical (unpaired) electrons. The van der Waals surface area contributed by atoms with Crippen LogP contribution in [0.25, 0.3) is 32.2 Å². The molecule has 6 nitrogen and oxygen atoms in total. The number of benzene rings is 2. The highest BCUT2D eigenvalue weighted by Crippen LogP contribution is 2.34. The van der Waals surface area contributed by atoms with Gasteiger partial charge in [-0.25, -0.2) is 9.78 Å². The fourth-order valence-electron chi connectivity index (χ4n) is 3.78. The first-order chi connectivity index (χ1) is 16.2. The van der Waals surface area contributed by atoms with Gasteiger partial charge in [0.2, 0.25) is 0 Å². The second kappa shape index (κ2) is 9.96. The minimum atomic E-state index is -5.08. The molecule has 1 fully saturated rings. The number of carbonyl (C=O) groups is 1. The SMILES string of the molecule is NC1CCN(Cc2cccc(-c3ccc(-c4nc5ccccc5[nH]4)s3)c2)C1.O=C(O)C(F)(F)F. The third kappa shape index (κ3) is 5.82. The van der Waals surface area contributed by atoms with Gasteiger partial charge in [0.25, 0.3) is 0 Å². The number of nitrogens with one attached hydrogen (secondary N) is 1. The Balaban J connectivity index is 0.000000344. The third-order valence-electron chi connectivity index (χ3n) is 5.40. The minimum absolute atomic E-state index is 0.330. The Morgan fingerprint density at radius 3 is 2.56 bits per heavy atom. The van der Waals surface area contributed by atoms with Crippen LogP contribution in [0.5, 0.6) is 0 Å². The largest absolute Gasteiger partial charge is 0.490 e. The quantitative estimate of drug-likeness (QED) is 0.370. The molecule has 1 unspecified atom stereocenters. The van der Waals surface area contributed by atoms with Gasteiger partial charge < -0.3 is 15.8 Å². The van der Waals surface area contributed by atoms with Crippen LogP contribution in [0.3, 0.4) is 0 Å². The number of imidazole rings is 1. The van der Waals surface area contributed by atoms with Crippen LogP contribution in [0.15, 0.2) is 60.7 Å². The summed E-state index contributed by atoms with van der Waals surface area (Å²) in [6, 6.07) is 21.7. The van der Waals surface area contributed by atoms with E-state index in [1.165, 1.54) is 16.0 Å². The van der Waals surface area contributed by atoms with Gasteiger partial charge in [0.15, 0.2) is 0 Å². The number of alkyl halides is 3. The van der Waals surface area contributed by atoms with E-state index in [0.717, 1.165) is 47.8 Å². The Kier molecular flexibility index (Phi) is 7.01. The molecule has 4 aromatic rings. The van der Waals surface area contributed by atoms with Crippen LogP contribution in [-0.4, -0.2) is 51.3 Å². The molecule has 5 rings (SSSR count). The maximum Gasteiger partial charge on any atom is 0.490 e. The number of aliphatic carboxylic acids is 1. The molecule has 2 aromatic carbocycles. The van der Waals surface area contributed by atoms with Gasteiger partial charge in [-0.05, 0) is 47.9 Å². The molecule has 34 heavy (non-hydrogen) atoms. The molecule has 1 aliphatic heterocycles. The first-order valence-corrected chi connectivity index (χ1v) is 11.4. The summed E-state index contributed by atoms with van der Waals surface area (Å²) in [7, 11) is 0. The number of halogens is 3. The Morgan fingerprint density at radius 1 is 1.15 bits per heavy atom. The molecule has 0 spiro atoms. The van der Waals surface area contributed by atoms with Gasteiger partial charge in [-0.3, -0.25) is 4.90 Å². The van der Waals surface area contributed by atoms with Crippen molar-refractivity contribution in [1.29, 1.82) is 0 Å². The predicted molar refractivity (Wildman–Crippen MR) is 126 cm³/mol. The van der Waals surface area contributed by atoms with Crippen LogP contribution < -0.4 is 5.73 Å². The third-order valence-corrected chi connectivity index (χ3v) is 6.54. The maximum absolute atomic E-state index is 10.6. The van der Waals surface area contributed by atoms with Crippen molar-refractivity contribution in [3.63, 3.8) is 0 Å². The zero-order chi connectivity index (χ0) is 24.3. The number of rotatable bonds is 4. The molecular weight excluding hydrogens is 465 g/mol. The zero-order valence-corrected chi connectivity index (χ0v) is 18.9. The van der Waals surface area contributed by atoms with Crippen molar-refractivity contribution in [2.45, 2.75) is 25.2 Å². The highest BCUT2D eigenvalue weighted by Gasteiger charge is 2.38. The standard InChI is InChI=1S/C22H22N4S.C2HF3O2/c23-17-10-11-26(14-17)13-15-4-3-5-16(12-15)20-8-9-21(27-20)22-24-18-6-1-2-7-19(18)25-22;3-2(4,5)1(6)7/h1-9,12,17H,10-11,13-14,23H2,(H,24,25);(H,6,7). The topological polar surface area (TPSA) is 95.2 Å². The van der Waals surface area contributed by atoms with E-state index in [2.05, 4.69) is 52.3 Å². The van der Waals surface area contributed by atoms with Crippen molar-refractivity contribution in [3.05, 3.63) is 66.2 Å². The van der Waals surface area contributed by atoms with Crippen LogP contribution in [0.1, 0.15) is 12.0 Å². The molecule has 4 N–H and O–H groups in total. The normalized spacial score (nSPS) is 16.4. The van der Waals surface area contributed by atoms with Crippen molar-refractivity contribution in [2.24, 2.45) is 5.73 Å². The number of nitrogens with two attached hydrogens (primary N) is 1. The van der Waals surface area contributed by atoms with E-state index in [1.807, 2.05) is 18.2 Å². The number of likely N-dealkylation sites (tertiary alicyclic amines) is 1. The van der Waals surface area contributed by atoms with Gasteiger partial charge in [0, 0.05) is 30.6 Å². The molecule has 0 aliphatic carbocycles. The second-order valence-corrected chi connectivity index (χ2v) is 9.14. The fourth-order valence-corrected chi connectivity index (χ4v) is 4.72. The molecule has 2 aromatic heterocycles. The summed E-state index contributed by atoms with van der Waals surface area (Å²) in [4.78, 5) is 21.9. The molecule has 0 bridgehead atoms. The zero-order valence-electron chi connectivity index (χ0n) is 18.0. The number of hydrogen-bond donors (Lipinski definition) is 3. The lowest BCUT2D eigenvalue weighted by atomic mass is 10.1. The average molecular weight is 489 g/mol. The van der Waals surface area contributed by atoms with E-state index < -0.39 is 12.1 Å². The summed E-state index contributed by atoms with van der Waals surface area (Å²) in [6.07, 6.45) is -3.98. The molecule has 3 heterocycles. The molecule has 0 saturated carbocycles. The van der Waals surface area contributed by atoms with Gasteiger partial charge >= 0.3 is 12.1 Å². The molecule has 1 atom stereocenters. The minimum Gasteiger partial charge on any atom is -0.475 e. The van der Waals surface area contributed by atoms with Gasteiger partial charge in [0.1, 0.15) is 5.82 Å². The summed E-state index contributed by atoms with van der Waals surface area (Å²) >= 11 is 1.78. The van der Waals surface area contributed by atoms with Crippen LogP contribution in [0.4, 0.5) is 13.2 Å². The monoisotopic (exact) mass is 488 g/mol. The number of nitrogens with zero attached hydrogens (tertiary/aromatic N) is 2. The first-order valence-electron chi connectivity index (χ1n) is 10.6. The summed E-state index contributed by atoms with van der Waals surface area (Å²) in [5.41, 5.74) is 10.7. The van der Waals surface area contributed by atoms with Gasteiger partial charge in [-0.1, -0.05) is 30.3 Å². The summed E-state index contributed by atoms with van der Waals surface area (Å²) in [6.45, 7) is 3.07. The number of fused-ring (bicyclic) bond motifs is 1. The Morgan fingerprint density at radius 2 is 1.88 bits per heavy atom. The van der Waals surface area contributed by atoms with Gasteiger partial charge in [-0.15, -0.1) is 11.3 Å². The van der Waals surface area contributed by atoms with Gasteiger partial charge in [-0.2, -0.15) is 13.2 Å². The van der Waals surface area contributed by atoms with E-state index in [1.54, 1.807) is 11.3 Å². The summed E-state index contributed by atoms with van der Waals surface area (Å²) in [5, 5.41) is 7.12. The lowest BCUT2D eigenvalue weighted by molar-refractivity contribution is -0.192. The average Bonchev–Trinajstić information content (AvgIpc) is 3.53. The van der Waals surface area contributed by atoms with Crippen LogP contribution in [-0.2, 0) is 11.3 Å². The fraction of sp³-hybridized carbons (Fsp3) is 0.250. The first kappa shape index (κ1) is 23.9. The molecule has 1 saturated heterocycles. The van der Waals surface area contributed by atoms with Crippen molar-refractivity contribution in [1.82, 2.24) is 14.9 Å². The van der Waals surface area contributed by atoms with E-state index in [9.17, 15) is 13.2 Å². The highest BCUT2D eigenvalue weighted by molar-refractivity contribution is 7.18. The van der Waals surface area contributed by atoms with Crippen molar-refractivity contribution < 1.29 is 23.1 Å². The molecule has 0 amide bonds. The van der Waals surface area contributed by atoms with Crippen molar-refractivity contribution >= 4 is 28.3 Å². The maximum atomic E-state index is 10.6. The van der Waals surface area contributed by atoms with Gasteiger partial charge in [0.05, 0.1) is 15.9 Å². The van der Waals surface area contributed by atoms with Crippen LogP contribution >= 0.6 is 11.3 Å². The Bertz CT molecular complexity index is 1250. The smallest absolute Gasteiger partial charge is 0.475 e. The number of para-hydroxylation sites is 2. The number of carboxylic acids is 1. The van der Waals surface area contributed by atoms with Crippen molar-refractivity contribution in [2.75, 3.05) is 13.1 Å². The Labute approximate surface area is 197 Å². The number of H-pyrrole nitrogens is 1. The van der Waals surface area contributed by atoms with E-state index in [4.69, 9.17) is 20.6 Å². The Hall–Kier alpha value is -3.21. The molecule has 178 valence electrons. The van der Waals surface area contributed by atoms with Crippen LogP contribution in [0.2, 0.25) is 0 Å². The predicted octanol–water partition coefficient (Wildman–Crippen LogP) is 5.12. The van der Waals surface area contributed by atoms with E-state index >= 15 is 0 Å². The summed E-state index contributed by atoms with van der Waals surface area (Å²) in [5.74, 6) is -1.82.